The molecule has 106 valence electrons. The standard InChI is InChI=1S/C13H28N4O/c1-6-8-16-12(14-7-2)17-10-9-15-11(18)13(3,4)5/h6-10H2,1-5H3,(H,15,18)(H2,14,16,17). The van der Waals surface area contributed by atoms with Crippen LogP contribution in [0.1, 0.15) is 41.0 Å². The van der Waals surface area contributed by atoms with E-state index < -0.39 is 0 Å². The highest BCUT2D eigenvalue weighted by molar-refractivity contribution is 5.81. The second kappa shape index (κ2) is 8.78. The minimum atomic E-state index is -0.333. The molecule has 1 amide bonds. The van der Waals surface area contributed by atoms with Crippen LogP contribution in [0.2, 0.25) is 0 Å². The Kier molecular flexibility index (Phi) is 8.16. The minimum absolute atomic E-state index is 0.0693. The third kappa shape index (κ3) is 7.92. The van der Waals surface area contributed by atoms with Gasteiger partial charge in [0.15, 0.2) is 5.96 Å². The van der Waals surface area contributed by atoms with Gasteiger partial charge < -0.3 is 16.0 Å². The Balaban J connectivity index is 3.90. The summed E-state index contributed by atoms with van der Waals surface area (Å²) in [5, 5.41) is 9.24. The van der Waals surface area contributed by atoms with Crippen molar-refractivity contribution < 1.29 is 4.79 Å². The molecule has 0 unspecified atom stereocenters. The summed E-state index contributed by atoms with van der Waals surface area (Å²) < 4.78 is 0. The second-order valence-corrected chi connectivity index (χ2v) is 5.19. The molecule has 0 aliphatic rings. The maximum Gasteiger partial charge on any atom is 0.225 e. The molecular weight excluding hydrogens is 228 g/mol. The van der Waals surface area contributed by atoms with Crippen molar-refractivity contribution in [1.29, 1.82) is 0 Å². The van der Waals surface area contributed by atoms with Gasteiger partial charge in [0.25, 0.3) is 0 Å². The summed E-state index contributed by atoms with van der Waals surface area (Å²) in [7, 11) is 0. The first-order valence-electron chi connectivity index (χ1n) is 6.72. The average Bonchev–Trinajstić information content (AvgIpc) is 2.29. The van der Waals surface area contributed by atoms with Gasteiger partial charge in [-0.1, -0.05) is 27.7 Å². The van der Waals surface area contributed by atoms with E-state index in [2.05, 4.69) is 27.9 Å². The Morgan fingerprint density at radius 2 is 1.67 bits per heavy atom. The van der Waals surface area contributed by atoms with E-state index in [4.69, 9.17) is 0 Å². The zero-order valence-electron chi connectivity index (χ0n) is 12.4. The molecule has 0 radical (unpaired) electrons. The van der Waals surface area contributed by atoms with Gasteiger partial charge in [0, 0.05) is 31.6 Å². The van der Waals surface area contributed by atoms with Crippen molar-refractivity contribution in [1.82, 2.24) is 16.0 Å². The van der Waals surface area contributed by atoms with Gasteiger partial charge >= 0.3 is 0 Å². The predicted molar refractivity (Wildman–Crippen MR) is 76.7 cm³/mol. The normalized spacial score (nSPS) is 12.2. The molecule has 5 nitrogen and oxygen atoms in total. The van der Waals surface area contributed by atoms with Crippen LogP contribution in [0.15, 0.2) is 4.99 Å². The number of nitrogens with one attached hydrogen (secondary N) is 3. The number of nitrogens with zero attached hydrogens (tertiary/aromatic N) is 1. The van der Waals surface area contributed by atoms with Crippen molar-refractivity contribution >= 4 is 11.9 Å². The number of carbonyl (C=O) groups is 1. The van der Waals surface area contributed by atoms with E-state index in [0.29, 0.717) is 13.1 Å². The topological polar surface area (TPSA) is 65.5 Å². The third-order valence-corrected chi connectivity index (χ3v) is 2.22. The van der Waals surface area contributed by atoms with Crippen LogP contribution in [0.5, 0.6) is 0 Å². The molecule has 18 heavy (non-hydrogen) atoms. The molecule has 0 aromatic rings. The predicted octanol–water partition coefficient (Wildman–Crippen LogP) is 1.11. The zero-order chi connectivity index (χ0) is 14.0. The van der Waals surface area contributed by atoms with Crippen LogP contribution >= 0.6 is 0 Å². The van der Waals surface area contributed by atoms with E-state index >= 15 is 0 Å². The van der Waals surface area contributed by atoms with Gasteiger partial charge in [0.1, 0.15) is 0 Å². The summed E-state index contributed by atoms with van der Waals surface area (Å²) in [4.78, 5) is 16.0. The molecule has 0 fully saturated rings. The fraction of sp³-hybridized carbons (Fsp3) is 0.846. The summed E-state index contributed by atoms with van der Waals surface area (Å²) in [5.41, 5.74) is -0.333. The van der Waals surface area contributed by atoms with Crippen LogP contribution in [0.3, 0.4) is 0 Å². The lowest BCUT2D eigenvalue weighted by atomic mass is 9.96. The van der Waals surface area contributed by atoms with Crippen LogP contribution in [0.4, 0.5) is 0 Å². The largest absolute Gasteiger partial charge is 0.357 e. The van der Waals surface area contributed by atoms with Crippen molar-refractivity contribution in [2.75, 3.05) is 26.2 Å². The Labute approximate surface area is 111 Å². The van der Waals surface area contributed by atoms with Gasteiger partial charge in [-0.3, -0.25) is 9.79 Å². The number of aliphatic imine (C=N–C) groups is 1. The van der Waals surface area contributed by atoms with Crippen molar-refractivity contribution in [2.24, 2.45) is 10.4 Å². The highest BCUT2D eigenvalue weighted by atomic mass is 16.2. The molecule has 3 N–H and O–H groups in total. The van der Waals surface area contributed by atoms with E-state index in [1.807, 2.05) is 27.7 Å². The quantitative estimate of drug-likeness (QED) is 0.379. The van der Waals surface area contributed by atoms with Gasteiger partial charge in [-0.2, -0.15) is 0 Å². The summed E-state index contributed by atoms with van der Waals surface area (Å²) >= 11 is 0. The summed E-state index contributed by atoms with van der Waals surface area (Å²) in [6.07, 6.45) is 1.03. The lowest BCUT2D eigenvalue weighted by Gasteiger charge is -2.18. The van der Waals surface area contributed by atoms with Crippen molar-refractivity contribution in [3.8, 4) is 0 Å². The van der Waals surface area contributed by atoms with Gasteiger partial charge in [-0.15, -0.1) is 0 Å². The fourth-order valence-corrected chi connectivity index (χ4v) is 1.19. The summed E-state index contributed by atoms with van der Waals surface area (Å²) in [6, 6.07) is 0. The molecule has 0 saturated heterocycles. The summed E-state index contributed by atoms with van der Waals surface area (Å²) in [6.45, 7) is 12.8. The lowest BCUT2D eigenvalue weighted by molar-refractivity contribution is -0.128. The maximum absolute atomic E-state index is 11.6. The molecule has 0 heterocycles. The van der Waals surface area contributed by atoms with Gasteiger partial charge in [-0.25, -0.2) is 0 Å². The fourth-order valence-electron chi connectivity index (χ4n) is 1.19. The summed E-state index contributed by atoms with van der Waals surface area (Å²) in [5.74, 6) is 0.879. The van der Waals surface area contributed by atoms with E-state index in [-0.39, 0.29) is 11.3 Å². The number of hydrogen-bond donors (Lipinski definition) is 3. The Hall–Kier alpha value is -1.26. The molecule has 0 bridgehead atoms. The number of hydrogen-bond acceptors (Lipinski definition) is 2. The van der Waals surface area contributed by atoms with Crippen LogP contribution in [-0.4, -0.2) is 38.0 Å². The van der Waals surface area contributed by atoms with Crippen LogP contribution < -0.4 is 16.0 Å². The van der Waals surface area contributed by atoms with Gasteiger partial charge in [0.05, 0.1) is 0 Å². The highest BCUT2D eigenvalue weighted by Crippen LogP contribution is 2.11. The number of guanidine groups is 1. The SMILES string of the molecule is CCCN=C(NCC)NCCNC(=O)C(C)(C)C. The van der Waals surface area contributed by atoms with Crippen molar-refractivity contribution in [3.05, 3.63) is 0 Å². The minimum Gasteiger partial charge on any atom is -0.357 e. The molecule has 0 rings (SSSR count). The molecule has 5 heteroatoms. The van der Waals surface area contributed by atoms with Crippen LogP contribution in [-0.2, 0) is 4.79 Å². The number of rotatable bonds is 6. The van der Waals surface area contributed by atoms with Crippen LogP contribution in [0, 0.1) is 5.41 Å². The Morgan fingerprint density at radius 1 is 1.06 bits per heavy atom. The number of carbonyl (C=O) groups excluding carboxylic acids is 1. The Morgan fingerprint density at radius 3 is 2.17 bits per heavy atom. The van der Waals surface area contributed by atoms with E-state index in [1.165, 1.54) is 0 Å². The molecule has 0 saturated carbocycles. The lowest BCUT2D eigenvalue weighted by Crippen LogP contribution is -2.43. The molecular formula is C13H28N4O. The average molecular weight is 256 g/mol. The Bertz CT molecular complexity index is 269. The molecule has 0 atom stereocenters. The molecule has 0 aromatic heterocycles. The van der Waals surface area contributed by atoms with Crippen molar-refractivity contribution in [2.45, 2.75) is 41.0 Å². The third-order valence-electron chi connectivity index (χ3n) is 2.22. The second-order valence-electron chi connectivity index (χ2n) is 5.19. The monoisotopic (exact) mass is 256 g/mol. The van der Waals surface area contributed by atoms with E-state index in [9.17, 15) is 4.79 Å². The maximum atomic E-state index is 11.6. The molecule has 0 aromatic carbocycles. The molecule has 0 aliphatic heterocycles. The molecule has 0 aliphatic carbocycles. The zero-order valence-corrected chi connectivity index (χ0v) is 12.4. The molecule has 0 spiro atoms. The first-order valence-corrected chi connectivity index (χ1v) is 6.72. The first kappa shape index (κ1) is 16.7. The smallest absolute Gasteiger partial charge is 0.225 e. The number of amides is 1. The first-order chi connectivity index (χ1) is 8.41. The highest BCUT2D eigenvalue weighted by Gasteiger charge is 2.20. The van der Waals surface area contributed by atoms with E-state index in [0.717, 1.165) is 25.5 Å². The van der Waals surface area contributed by atoms with Gasteiger partial charge in [-0.05, 0) is 13.3 Å². The van der Waals surface area contributed by atoms with Crippen LogP contribution in [0.25, 0.3) is 0 Å². The van der Waals surface area contributed by atoms with E-state index in [1.54, 1.807) is 0 Å². The van der Waals surface area contributed by atoms with Crippen molar-refractivity contribution in [3.63, 3.8) is 0 Å². The van der Waals surface area contributed by atoms with Gasteiger partial charge in [0.2, 0.25) is 5.91 Å².